The topological polar surface area (TPSA) is 113 Å². The van der Waals surface area contributed by atoms with Crippen LogP contribution in [0.5, 0.6) is 0 Å². The highest BCUT2D eigenvalue weighted by Crippen LogP contribution is 2.03. The van der Waals surface area contributed by atoms with E-state index in [9.17, 15) is 9.59 Å². The van der Waals surface area contributed by atoms with E-state index in [-0.39, 0.29) is 24.9 Å². The van der Waals surface area contributed by atoms with Crippen molar-refractivity contribution in [1.29, 1.82) is 0 Å². The third kappa shape index (κ3) is 5.34. The first kappa shape index (κ1) is 13.9. The zero-order valence-corrected chi connectivity index (χ0v) is 8.77. The fourth-order valence-electron chi connectivity index (χ4n) is 1.13. The Morgan fingerprint density at radius 2 is 2.07 bits per heavy atom. The van der Waals surface area contributed by atoms with Crippen LogP contribution < -0.4 is 11.1 Å². The van der Waals surface area contributed by atoms with Gasteiger partial charge in [0.2, 0.25) is 5.91 Å². The summed E-state index contributed by atoms with van der Waals surface area (Å²) >= 11 is 0. The van der Waals surface area contributed by atoms with Gasteiger partial charge in [-0.15, -0.1) is 0 Å². The first-order valence-electron chi connectivity index (χ1n) is 4.91. The smallest absolute Gasteiger partial charge is 0.334 e. The SMILES string of the molecule is CCCC(CN)C(=O)NCC(O)C(=O)O. The van der Waals surface area contributed by atoms with E-state index in [2.05, 4.69) is 5.32 Å². The second kappa shape index (κ2) is 7.19. The molecule has 0 saturated heterocycles. The molecule has 0 fully saturated rings. The summed E-state index contributed by atoms with van der Waals surface area (Å²) in [6, 6.07) is 0. The van der Waals surface area contributed by atoms with Gasteiger partial charge in [-0.25, -0.2) is 4.79 Å². The van der Waals surface area contributed by atoms with Gasteiger partial charge < -0.3 is 21.3 Å². The molecule has 1 amide bonds. The number of amides is 1. The molecule has 0 aromatic carbocycles. The Morgan fingerprint density at radius 1 is 1.47 bits per heavy atom. The lowest BCUT2D eigenvalue weighted by atomic mass is 10.0. The molecule has 0 aromatic heterocycles. The summed E-state index contributed by atoms with van der Waals surface area (Å²) in [7, 11) is 0. The molecule has 0 heterocycles. The molecule has 0 spiro atoms. The standard InChI is InChI=1S/C9H18N2O4/c1-2-3-6(4-10)8(13)11-5-7(12)9(14)15/h6-7,12H,2-5,10H2,1H3,(H,11,13)(H,14,15). The lowest BCUT2D eigenvalue weighted by Gasteiger charge is -2.14. The minimum absolute atomic E-state index is 0.225. The lowest BCUT2D eigenvalue weighted by molar-refractivity contribution is -0.146. The van der Waals surface area contributed by atoms with Gasteiger partial charge in [-0.1, -0.05) is 13.3 Å². The largest absolute Gasteiger partial charge is 0.479 e. The second-order valence-corrected chi connectivity index (χ2v) is 3.32. The van der Waals surface area contributed by atoms with Crippen LogP contribution in [0.25, 0.3) is 0 Å². The number of hydrogen-bond acceptors (Lipinski definition) is 4. The Bertz CT molecular complexity index is 220. The molecule has 0 radical (unpaired) electrons. The number of carboxylic acids is 1. The van der Waals surface area contributed by atoms with Crippen LogP contribution in [0.3, 0.4) is 0 Å². The van der Waals surface area contributed by atoms with Crippen LogP contribution in [0.15, 0.2) is 0 Å². The highest BCUT2D eigenvalue weighted by atomic mass is 16.4. The summed E-state index contributed by atoms with van der Waals surface area (Å²) in [5, 5.41) is 19.6. The minimum atomic E-state index is -1.56. The van der Waals surface area contributed by atoms with Crippen LogP contribution in [0.4, 0.5) is 0 Å². The van der Waals surface area contributed by atoms with Crippen LogP contribution in [0, 0.1) is 5.92 Å². The number of nitrogens with one attached hydrogen (secondary N) is 1. The van der Waals surface area contributed by atoms with Gasteiger partial charge in [0.25, 0.3) is 0 Å². The van der Waals surface area contributed by atoms with Gasteiger partial charge in [-0.3, -0.25) is 4.79 Å². The van der Waals surface area contributed by atoms with Crippen molar-refractivity contribution in [1.82, 2.24) is 5.32 Å². The van der Waals surface area contributed by atoms with E-state index in [4.69, 9.17) is 15.9 Å². The lowest BCUT2D eigenvalue weighted by Crippen LogP contribution is -2.41. The second-order valence-electron chi connectivity index (χ2n) is 3.32. The first-order chi connectivity index (χ1) is 7.02. The number of carbonyl (C=O) groups excluding carboxylic acids is 1. The van der Waals surface area contributed by atoms with Crippen LogP contribution in [-0.2, 0) is 9.59 Å². The third-order valence-electron chi connectivity index (χ3n) is 2.05. The van der Waals surface area contributed by atoms with E-state index in [0.29, 0.717) is 6.42 Å². The summed E-state index contributed by atoms with van der Waals surface area (Å²) < 4.78 is 0. The Labute approximate surface area is 88.5 Å². The van der Waals surface area contributed by atoms with Gasteiger partial charge in [0.05, 0.1) is 12.5 Å². The molecule has 0 aliphatic carbocycles. The first-order valence-corrected chi connectivity index (χ1v) is 4.91. The number of nitrogens with two attached hydrogens (primary N) is 1. The molecule has 0 aliphatic heterocycles. The van der Waals surface area contributed by atoms with Crippen molar-refractivity contribution in [2.24, 2.45) is 11.7 Å². The maximum absolute atomic E-state index is 11.4. The predicted molar refractivity (Wildman–Crippen MR) is 54.1 cm³/mol. The van der Waals surface area contributed by atoms with E-state index in [1.807, 2.05) is 6.92 Å². The molecular weight excluding hydrogens is 200 g/mol. The van der Waals surface area contributed by atoms with Gasteiger partial charge in [0.1, 0.15) is 0 Å². The molecule has 2 atom stereocenters. The summed E-state index contributed by atoms with van der Waals surface area (Å²) in [5.41, 5.74) is 5.39. The van der Waals surface area contributed by atoms with Crippen molar-refractivity contribution in [3.63, 3.8) is 0 Å². The molecule has 2 unspecified atom stereocenters. The molecule has 0 aliphatic rings. The van der Waals surface area contributed by atoms with E-state index in [1.165, 1.54) is 0 Å². The summed E-state index contributed by atoms with van der Waals surface area (Å²) in [5.74, 6) is -1.97. The average Bonchev–Trinajstić information content (AvgIpc) is 2.21. The predicted octanol–water partition coefficient (Wildman–Crippen LogP) is -1.08. The molecule has 6 heteroatoms. The number of aliphatic hydroxyl groups excluding tert-OH is 1. The number of carbonyl (C=O) groups is 2. The Kier molecular flexibility index (Phi) is 6.64. The van der Waals surface area contributed by atoms with E-state index < -0.39 is 12.1 Å². The molecule has 0 saturated carbocycles. The molecular formula is C9H18N2O4. The van der Waals surface area contributed by atoms with Crippen LogP contribution in [0.2, 0.25) is 0 Å². The van der Waals surface area contributed by atoms with Crippen LogP contribution in [0.1, 0.15) is 19.8 Å². The van der Waals surface area contributed by atoms with E-state index in [1.54, 1.807) is 0 Å². The van der Waals surface area contributed by atoms with E-state index in [0.717, 1.165) is 6.42 Å². The summed E-state index contributed by atoms with van der Waals surface area (Å²) in [6.07, 6.45) is -0.0727. The van der Waals surface area contributed by atoms with Crippen molar-refractivity contribution in [3.8, 4) is 0 Å². The Balaban J connectivity index is 3.95. The molecule has 5 N–H and O–H groups in total. The molecule has 15 heavy (non-hydrogen) atoms. The minimum Gasteiger partial charge on any atom is -0.479 e. The maximum atomic E-state index is 11.4. The Morgan fingerprint density at radius 3 is 2.47 bits per heavy atom. The molecule has 6 nitrogen and oxygen atoms in total. The fourth-order valence-corrected chi connectivity index (χ4v) is 1.13. The van der Waals surface area contributed by atoms with Gasteiger partial charge in [0, 0.05) is 6.54 Å². The van der Waals surface area contributed by atoms with Crippen LogP contribution >= 0.6 is 0 Å². The van der Waals surface area contributed by atoms with Crippen molar-refractivity contribution >= 4 is 11.9 Å². The monoisotopic (exact) mass is 218 g/mol. The van der Waals surface area contributed by atoms with Crippen molar-refractivity contribution < 1.29 is 19.8 Å². The number of aliphatic hydroxyl groups is 1. The highest BCUT2D eigenvalue weighted by molar-refractivity contribution is 5.80. The number of hydrogen-bond donors (Lipinski definition) is 4. The zero-order chi connectivity index (χ0) is 11.8. The average molecular weight is 218 g/mol. The number of carboxylic acid groups (broad SMARTS) is 1. The van der Waals surface area contributed by atoms with Gasteiger partial charge in [0.15, 0.2) is 6.10 Å². The third-order valence-corrected chi connectivity index (χ3v) is 2.05. The van der Waals surface area contributed by atoms with Crippen molar-refractivity contribution in [2.45, 2.75) is 25.9 Å². The molecule has 0 bridgehead atoms. The fraction of sp³-hybridized carbons (Fsp3) is 0.778. The Hall–Kier alpha value is -1.14. The highest BCUT2D eigenvalue weighted by Gasteiger charge is 2.18. The zero-order valence-electron chi connectivity index (χ0n) is 8.77. The van der Waals surface area contributed by atoms with Crippen LogP contribution in [-0.4, -0.2) is 41.3 Å². The maximum Gasteiger partial charge on any atom is 0.334 e. The number of rotatable bonds is 7. The van der Waals surface area contributed by atoms with Crippen molar-refractivity contribution in [2.75, 3.05) is 13.1 Å². The molecule has 88 valence electrons. The van der Waals surface area contributed by atoms with Gasteiger partial charge in [-0.05, 0) is 6.42 Å². The number of aliphatic carboxylic acids is 1. The molecule has 0 rings (SSSR count). The van der Waals surface area contributed by atoms with E-state index >= 15 is 0 Å². The van der Waals surface area contributed by atoms with Gasteiger partial charge in [-0.2, -0.15) is 0 Å². The van der Waals surface area contributed by atoms with Crippen molar-refractivity contribution in [3.05, 3.63) is 0 Å². The summed E-state index contributed by atoms with van der Waals surface area (Å²) in [4.78, 5) is 21.6. The molecule has 0 aromatic rings. The van der Waals surface area contributed by atoms with Gasteiger partial charge >= 0.3 is 5.97 Å². The normalized spacial score (nSPS) is 14.3. The summed E-state index contributed by atoms with van der Waals surface area (Å²) in [6.45, 7) is 1.87. The quantitative estimate of drug-likeness (QED) is 0.434.